The molecule has 0 bridgehead atoms. The molecule has 0 spiro atoms. The van der Waals surface area contributed by atoms with Gasteiger partial charge in [-0.2, -0.15) is 0 Å². The van der Waals surface area contributed by atoms with E-state index in [2.05, 4.69) is 5.32 Å². The molecule has 1 N–H and O–H groups in total. The summed E-state index contributed by atoms with van der Waals surface area (Å²) in [6, 6.07) is 1.92. The summed E-state index contributed by atoms with van der Waals surface area (Å²) in [7, 11) is 0. The SMILES string of the molecule is Cc1cc(C(=O)NC(C)(C)CCl)sc1C. The second-order valence-corrected chi connectivity index (χ2v) is 5.85. The monoisotopic (exact) mass is 245 g/mol. The topological polar surface area (TPSA) is 29.1 Å². The van der Waals surface area contributed by atoms with Crippen LogP contribution in [0, 0.1) is 13.8 Å². The van der Waals surface area contributed by atoms with Gasteiger partial charge in [0.2, 0.25) is 0 Å². The van der Waals surface area contributed by atoms with Crippen molar-refractivity contribution >= 4 is 28.8 Å². The molecule has 0 aliphatic heterocycles. The zero-order chi connectivity index (χ0) is 11.6. The standard InChI is InChI=1S/C11H16ClNOS/c1-7-5-9(15-8(7)2)10(14)13-11(3,4)6-12/h5H,6H2,1-4H3,(H,13,14). The number of halogens is 1. The molecule has 0 aromatic carbocycles. The molecule has 1 aromatic heterocycles. The minimum atomic E-state index is -0.357. The molecular weight excluding hydrogens is 230 g/mol. The maximum Gasteiger partial charge on any atom is 0.261 e. The largest absolute Gasteiger partial charge is 0.345 e. The number of aryl methyl sites for hydroxylation is 2. The van der Waals surface area contributed by atoms with Gasteiger partial charge in [-0.15, -0.1) is 22.9 Å². The molecule has 15 heavy (non-hydrogen) atoms. The van der Waals surface area contributed by atoms with E-state index in [0.29, 0.717) is 5.88 Å². The zero-order valence-corrected chi connectivity index (χ0v) is 11.1. The predicted octanol–water partition coefficient (Wildman–Crippen LogP) is 3.11. The van der Waals surface area contributed by atoms with Gasteiger partial charge in [0.25, 0.3) is 5.91 Å². The van der Waals surface area contributed by atoms with Crippen LogP contribution >= 0.6 is 22.9 Å². The molecule has 84 valence electrons. The van der Waals surface area contributed by atoms with E-state index in [1.165, 1.54) is 16.2 Å². The highest BCUT2D eigenvalue weighted by Crippen LogP contribution is 2.21. The summed E-state index contributed by atoms with van der Waals surface area (Å²) < 4.78 is 0. The summed E-state index contributed by atoms with van der Waals surface area (Å²) >= 11 is 7.27. The lowest BCUT2D eigenvalue weighted by atomic mass is 10.1. The molecule has 1 heterocycles. The minimum absolute atomic E-state index is 0.0400. The van der Waals surface area contributed by atoms with Crippen molar-refractivity contribution < 1.29 is 4.79 Å². The van der Waals surface area contributed by atoms with Gasteiger partial charge >= 0.3 is 0 Å². The fourth-order valence-electron chi connectivity index (χ4n) is 1.09. The van der Waals surface area contributed by atoms with Crippen LogP contribution in [0.15, 0.2) is 6.07 Å². The number of alkyl halides is 1. The van der Waals surface area contributed by atoms with Crippen LogP contribution in [-0.2, 0) is 0 Å². The summed E-state index contributed by atoms with van der Waals surface area (Å²) in [6.07, 6.45) is 0. The summed E-state index contributed by atoms with van der Waals surface area (Å²) in [5.74, 6) is 0.365. The molecule has 0 aliphatic carbocycles. The smallest absolute Gasteiger partial charge is 0.261 e. The first-order valence-corrected chi connectivity index (χ1v) is 6.16. The van der Waals surface area contributed by atoms with E-state index in [9.17, 15) is 4.79 Å². The minimum Gasteiger partial charge on any atom is -0.345 e. The number of hydrogen-bond acceptors (Lipinski definition) is 2. The highest BCUT2D eigenvalue weighted by molar-refractivity contribution is 7.14. The molecule has 0 aliphatic rings. The molecule has 1 rings (SSSR count). The molecule has 0 atom stereocenters. The van der Waals surface area contributed by atoms with Gasteiger partial charge in [0.15, 0.2) is 0 Å². The van der Waals surface area contributed by atoms with Crippen molar-refractivity contribution in [2.45, 2.75) is 33.2 Å². The van der Waals surface area contributed by atoms with E-state index in [1.54, 1.807) is 0 Å². The van der Waals surface area contributed by atoms with Gasteiger partial charge < -0.3 is 5.32 Å². The van der Waals surface area contributed by atoms with Crippen molar-refractivity contribution in [1.29, 1.82) is 0 Å². The van der Waals surface area contributed by atoms with Gasteiger partial charge in [0.05, 0.1) is 4.88 Å². The summed E-state index contributed by atoms with van der Waals surface area (Å²) in [5.41, 5.74) is 0.804. The van der Waals surface area contributed by atoms with E-state index in [-0.39, 0.29) is 11.4 Å². The van der Waals surface area contributed by atoms with Crippen molar-refractivity contribution in [1.82, 2.24) is 5.32 Å². The van der Waals surface area contributed by atoms with Crippen LogP contribution in [0.5, 0.6) is 0 Å². The average molecular weight is 246 g/mol. The van der Waals surface area contributed by atoms with Crippen LogP contribution in [0.1, 0.15) is 34.0 Å². The third-order valence-corrected chi connectivity index (χ3v) is 4.00. The molecule has 2 nitrogen and oxygen atoms in total. The quantitative estimate of drug-likeness (QED) is 0.815. The van der Waals surface area contributed by atoms with E-state index in [1.807, 2.05) is 33.8 Å². The molecule has 0 radical (unpaired) electrons. The van der Waals surface area contributed by atoms with E-state index >= 15 is 0 Å². The molecule has 4 heteroatoms. The Bertz CT molecular complexity index is 351. The number of thiophene rings is 1. The lowest BCUT2D eigenvalue weighted by Gasteiger charge is -2.22. The van der Waals surface area contributed by atoms with Crippen molar-refractivity contribution in [3.8, 4) is 0 Å². The molecular formula is C11H16ClNOS. The Kier molecular flexibility index (Phi) is 3.79. The normalized spacial score (nSPS) is 11.5. The fourth-order valence-corrected chi connectivity index (χ4v) is 2.08. The first-order valence-electron chi connectivity index (χ1n) is 4.81. The number of carbonyl (C=O) groups is 1. The fraction of sp³-hybridized carbons (Fsp3) is 0.545. The molecule has 0 fully saturated rings. The third kappa shape index (κ3) is 3.21. The van der Waals surface area contributed by atoms with Crippen molar-refractivity contribution in [3.05, 3.63) is 21.4 Å². The van der Waals surface area contributed by atoms with Crippen LogP contribution in [0.3, 0.4) is 0 Å². The highest BCUT2D eigenvalue weighted by atomic mass is 35.5. The van der Waals surface area contributed by atoms with Gasteiger partial charge in [0, 0.05) is 16.3 Å². The second-order valence-electron chi connectivity index (χ2n) is 4.32. The van der Waals surface area contributed by atoms with Gasteiger partial charge in [-0.05, 0) is 39.3 Å². The number of hydrogen-bond donors (Lipinski definition) is 1. The first-order chi connectivity index (χ1) is 6.85. The maximum atomic E-state index is 11.8. The number of amides is 1. The van der Waals surface area contributed by atoms with Crippen molar-refractivity contribution in [3.63, 3.8) is 0 Å². The van der Waals surface area contributed by atoms with Crippen molar-refractivity contribution in [2.75, 3.05) is 5.88 Å². The Morgan fingerprint density at radius 1 is 1.53 bits per heavy atom. The lowest BCUT2D eigenvalue weighted by Crippen LogP contribution is -2.44. The van der Waals surface area contributed by atoms with Crippen molar-refractivity contribution in [2.24, 2.45) is 0 Å². The molecule has 1 aromatic rings. The zero-order valence-electron chi connectivity index (χ0n) is 9.48. The van der Waals surface area contributed by atoms with Crippen LogP contribution in [0.4, 0.5) is 0 Å². The Morgan fingerprint density at radius 2 is 2.13 bits per heavy atom. The van der Waals surface area contributed by atoms with Gasteiger partial charge in [-0.1, -0.05) is 0 Å². The summed E-state index contributed by atoms with van der Waals surface area (Å²) in [4.78, 5) is 13.8. The summed E-state index contributed by atoms with van der Waals surface area (Å²) in [5, 5.41) is 2.90. The Balaban J connectivity index is 2.78. The van der Waals surface area contributed by atoms with Gasteiger partial charge in [-0.3, -0.25) is 4.79 Å². The lowest BCUT2D eigenvalue weighted by molar-refractivity contribution is 0.0924. The Hall–Kier alpha value is -0.540. The van der Waals surface area contributed by atoms with E-state index in [0.717, 1.165) is 10.4 Å². The van der Waals surface area contributed by atoms with Gasteiger partial charge in [-0.25, -0.2) is 0 Å². The third-order valence-electron chi connectivity index (χ3n) is 2.18. The summed E-state index contributed by atoms with van der Waals surface area (Å²) in [6.45, 7) is 7.84. The van der Waals surface area contributed by atoms with Crippen LogP contribution in [0.25, 0.3) is 0 Å². The molecule has 0 unspecified atom stereocenters. The number of nitrogens with one attached hydrogen (secondary N) is 1. The Labute approximate surface area is 99.6 Å². The predicted molar refractivity (Wildman–Crippen MR) is 66.1 cm³/mol. The molecule has 1 amide bonds. The van der Waals surface area contributed by atoms with E-state index in [4.69, 9.17) is 11.6 Å². The maximum absolute atomic E-state index is 11.8. The number of carbonyl (C=O) groups excluding carboxylic acids is 1. The van der Waals surface area contributed by atoms with Crippen LogP contribution in [-0.4, -0.2) is 17.3 Å². The van der Waals surface area contributed by atoms with Gasteiger partial charge in [0.1, 0.15) is 0 Å². The number of rotatable bonds is 3. The first kappa shape index (κ1) is 12.5. The van der Waals surface area contributed by atoms with Crippen LogP contribution in [0.2, 0.25) is 0 Å². The Morgan fingerprint density at radius 3 is 2.53 bits per heavy atom. The molecule has 0 saturated heterocycles. The van der Waals surface area contributed by atoms with E-state index < -0.39 is 0 Å². The average Bonchev–Trinajstić information content (AvgIpc) is 2.47. The van der Waals surface area contributed by atoms with Crippen LogP contribution < -0.4 is 5.32 Å². The second kappa shape index (κ2) is 4.54. The molecule has 0 saturated carbocycles. The highest BCUT2D eigenvalue weighted by Gasteiger charge is 2.21.